The van der Waals surface area contributed by atoms with Gasteiger partial charge in [-0.05, 0) is 34.5 Å². The molecule has 0 fully saturated rings. The summed E-state index contributed by atoms with van der Waals surface area (Å²) in [5.41, 5.74) is 9.84. The van der Waals surface area contributed by atoms with Crippen LogP contribution in [-0.2, 0) is 6.54 Å². The van der Waals surface area contributed by atoms with Crippen LogP contribution in [0.3, 0.4) is 0 Å². The molecular weight excluding hydrogens is 324 g/mol. The zero-order valence-corrected chi connectivity index (χ0v) is 13.7. The molecule has 2 aromatic carbocycles. The van der Waals surface area contributed by atoms with E-state index in [0.29, 0.717) is 12.5 Å². The SMILES string of the molecule is Cc1c(Br)c2ccccc2n1CC(CN)c1ccccc1. The molecule has 0 amide bonds. The van der Waals surface area contributed by atoms with Crippen LogP contribution in [0.4, 0.5) is 0 Å². The van der Waals surface area contributed by atoms with Crippen molar-refractivity contribution in [3.63, 3.8) is 0 Å². The van der Waals surface area contributed by atoms with Crippen LogP contribution >= 0.6 is 15.9 Å². The van der Waals surface area contributed by atoms with Gasteiger partial charge in [0.15, 0.2) is 0 Å². The molecule has 0 saturated carbocycles. The second-order valence-corrected chi connectivity index (χ2v) is 6.16. The number of hydrogen-bond acceptors (Lipinski definition) is 1. The summed E-state index contributed by atoms with van der Waals surface area (Å²) in [7, 11) is 0. The lowest BCUT2D eigenvalue weighted by Gasteiger charge is -2.18. The smallest absolute Gasteiger partial charge is 0.0494 e. The molecule has 3 rings (SSSR count). The Morgan fingerprint density at radius 3 is 2.43 bits per heavy atom. The van der Waals surface area contributed by atoms with E-state index in [9.17, 15) is 0 Å². The van der Waals surface area contributed by atoms with Crippen LogP contribution in [0.15, 0.2) is 59.1 Å². The summed E-state index contributed by atoms with van der Waals surface area (Å²) in [5, 5.41) is 1.26. The first-order chi connectivity index (χ1) is 10.2. The molecule has 0 radical (unpaired) electrons. The molecule has 3 heteroatoms. The minimum absolute atomic E-state index is 0.326. The molecule has 0 aliphatic carbocycles. The van der Waals surface area contributed by atoms with Crippen LogP contribution in [0, 0.1) is 6.92 Å². The zero-order valence-electron chi connectivity index (χ0n) is 12.1. The average Bonchev–Trinajstić information content (AvgIpc) is 2.78. The predicted molar refractivity (Wildman–Crippen MR) is 92.6 cm³/mol. The standard InChI is InChI=1S/C18H19BrN2/c1-13-18(19)16-9-5-6-10-17(16)21(13)12-15(11-20)14-7-3-2-4-8-14/h2-10,15H,11-12,20H2,1H3. The van der Waals surface area contributed by atoms with Gasteiger partial charge in [-0.2, -0.15) is 0 Å². The van der Waals surface area contributed by atoms with E-state index >= 15 is 0 Å². The van der Waals surface area contributed by atoms with Crippen LogP contribution in [-0.4, -0.2) is 11.1 Å². The molecule has 3 aromatic rings. The summed E-state index contributed by atoms with van der Waals surface area (Å²) < 4.78 is 3.55. The Kier molecular flexibility index (Phi) is 4.13. The first-order valence-corrected chi connectivity index (χ1v) is 8.00. The van der Waals surface area contributed by atoms with Gasteiger partial charge in [0.2, 0.25) is 0 Å². The van der Waals surface area contributed by atoms with Gasteiger partial charge in [-0.15, -0.1) is 0 Å². The first kappa shape index (κ1) is 14.4. The van der Waals surface area contributed by atoms with E-state index in [1.54, 1.807) is 0 Å². The molecule has 108 valence electrons. The van der Waals surface area contributed by atoms with E-state index in [1.165, 1.54) is 26.6 Å². The summed E-state index contributed by atoms with van der Waals surface area (Å²) in [5.74, 6) is 0.326. The Morgan fingerprint density at radius 1 is 1.05 bits per heavy atom. The predicted octanol–water partition coefficient (Wildman–Crippen LogP) is 4.45. The molecule has 0 aliphatic heterocycles. The highest BCUT2D eigenvalue weighted by atomic mass is 79.9. The molecule has 1 unspecified atom stereocenters. The van der Waals surface area contributed by atoms with Crippen LogP contribution < -0.4 is 5.73 Å². The third kappa shape index (κ3) is 2.63. The highest BCUT2D eigenvalue weighted by Crippen LogP contribution is 2.32. The van der Waals surface area contributed by atoms with Crippen molar-refractivity contribution >= 4 is 26.8 Å². The summed E-state index contributed by atoms with van der Waals surface area (Å²) in [6.07, 6.45) is 0. The molecule has 21 heavy (non-hydrogen) atoms. The van der Waals surface area contributed by atoms with Gasteiger partial charge in [0.05, 0.1) is 0 Å². The Hall–Kier alpha value is -1.58. The van der Waals surface area contributed by atoms with Gasteiger partial charge < -0.3 is 10.3 Å². The lowest BCUT2D eigenvalue weighted by molar-refractivity contribution is 0.571. The molecule has 2 N–H and O–H groups in total. The molecule has 1 atom stereocenters. The fraction of sp³-hybridized carbons (Fsp3) is 0.222. The van der Waals surface area contributed by atoms with Crippen molar-refractivity contribution in [2.45, 2.75) is 19.4 Å². The van der Waals surface area contributed by atoms with Crippen LogP contribution in [0.1, 0.15) is 17.2 Å². The number of para-hydroxylation sites is 1. The van der Waals surface area contributed by atoms with Crippen molar-refractivity contribution in [2.24, 2.45) is 5.73 Å². The van der Waals surface area contributed by atoms with Crippen molar-refractivity contribution in [1.82, 2.24) is 4.57 Å². The van der Waals surface area contributed by atoms with Gasteiger partial charge in [-0.25, -0.2) is 0 Å². The van der Waals surface area contributed by atoms with Crippen molar-refractivity contribution in [1.29, 1.82) is 0 Å². The van der Waals surface area contributed by atoms with Crippen molar-refractivity contribution in [2.75, 3.05) is 6.54 Å². The first-order valence-electron chi connectivity index (χ1n) is 7.20. The summed E-state index contributed by atoms with van der Waals surface area (Å²) in [6.45, 7) is 3.70. The minimum atomic E-state index is 0.326. The number of halogens is 1. The van der Waals surface area contributed by atoms with E-state index < -0.39 is 0 Å². The lowest BCUT2D eigenvalue weighted by Crippen LogP contribution is -2.19. The quantitative estimate of drug-likeness (QED) is 0.745. The van der Waals surface area contributed by atoms with Crippen molar-refractivity contribution in [3.8, 4) is 0 Å². The Bertz CT molecular complexity index is 747. The van der Waals surface area contributed by atoms with E-state index in [0.717, 1.165) is 6.54 Å². The highest BCUT2D eigenvalue weighted by Gasteiger charge is 2.16. The maximum absolute atomic E-state index is 6.03. The van der Waals surface area contributed by atoms with E-state index in [-0.39, 0.29) is 0 Å². The molecule has 2 nitrogen and oxygen atoms in total. The number of benzene rings is 2. The number of nitrogens with zero attached hydrogens (tertiary/aromatic N) is 1. The van der Waals surface area contributed by atoms with Crippen molar-refractivity contribution in [3.05, 3.63) is 70.3 Å². The maximum Gasteiger partial charge on any atom is 0.0494 e. The molecular formula is C18H19BrN2. The Morgan fingerprint density at radius 2 is 1.71 bits per heavy atom. The van der Waals surface area contributed by atoms with Crippen molar-refractivity contribution < 1.29 is 0 Å². The molecule has 0 spiro atoms. The largest absolute Gasteiger partial charge is 0.343 e. The Balaban J connectivity index is 2.03. The highest BCUT2D eigenvalue weighted by molar-refractivity contribution is 9.10. The van der Waals surface area contributed by atoms with Gasteiger partial charge in [-0.3, -0.25) is 0 Å². The topological polar surface area (TPSA) is 30.9 Å². The monoisotopic (exact) mass is 342 g/mol. The minimum Gasteiger partial charge on any atom is -0.343 e. The molecule has 0 bridgehead atoms. The van der Waals surface area contributed by atoms with Gasteiger partial charge in [0.1, 0.15) is 0 Å². The third-order valence-corrected chi connectivity index (χ3v) is 5.11. The normalized spacial score (nSPS) is 12.7. The second-order valence-electron chi connectivity index (χ2n) is 5.37. The van der Waals surface area contributed by atoms with Gasteiger partial charge in [0.25, 0.3) is 0 Å². The lowest BCUT2D eigenvalue weighted by atomic mass is 9.99. The fourth-order valence-electron chi connectivity index (χ4n) is 2.89. The van der Waals surface area contributed by atoms with Crippen LogP contribution in [0.25, 0.3) is 10.9 Å². The van der Waals surface area contributed by atoms with E-state index in [4.69, 9.17) is 5.73 Å². The Labute approximate surface area is 133 Å². The number of aromatic nitrogens is 1. The third-order valence-electron chi connectivity index (χ3n) is 4.11. The molecule has 1 heterocycles. The summed E-state index contributed by atoms with van der Waals surface area (Å²) in [6, 6.07) is 19.0. The second kappa shape index (κ2) is 6.04. The van der Waals surface area contributed by atoms with E-state index in [1.807, 2.05) is 6.07 Å². The molecule has 0 saturated heterocycles. The number of rotatable bonds is 4. The molecule has 1 aromatic heterocycles. The number of fused-ring (bicyclic) bond motifs is 1. The zero-order chi connectivity index (χ0) is 14.8. The average molecular weight is 343 g/mol. The molecule has 0 aliphatic rings. The number of hydrogen-bond donors (Lipinski definition) is 1. The summed E-state index contributed by atoms with van der Waals surface area (Å²) in [4.78, 5) is 0. The van der Waals surface area contributed by atoms with Gasteiger partial charge >= 0.3 is 0 Å². The number of nitrogens with two attached hydrogens (primary N) is 1. The van der Waals surface area contributed by atoms with E-state index in [2.05, 4.69) is 76.0 Å². The van der Waals surface area contributed by atoms with Gasteiger partial charge in [0, 0.05) is 40.1 Å². The summed E-state index contributed by atoms with van der Waals surface area (Å²) >= 11 is 3.72. The maximum atomic E-state index is 6.03. The van der Waals surface area contributed by atoms with Gasteiger partial charge in [-0.1, -0.05) is 48.5 Å². The fourth-order valence-corrected chi connectivity index (χ4v) is 3.43. The van der Waals surface area contributed by atoms with Crippen LogP contribution in [0.5, 0.6) is 0 Å². The van der Waals surface area contributed by atoms with Crippen LogP contribution in [0.2, 0.25) is 0 Å².